The number of hydrogen-bond acceptors (Lipinski definition) is 3. The Morgan fingerprint density at radius 3 is 2.83 bits per heavy atom. The largest absolute Gasteiger partial charge is 0.418 e. The van der Waals surface area contributed by atoms with Gasteiger partial charge in [0.05, 0.1) is 11.3 Å². The maximum Gasteiger partial charge on any atom is 0.418 e. The van der Waals surface area contributed by atoms with Crippen molar-refractivity contribution in [3.05, 3.63) is 23.3 Å². The number of piperidine rings is 1. The lowest BCUT2D eigenvalue weighted by atomic mass is 9.89. The molecule has 2 atom stereocenters. The third-order valence-electron chi connectivity index (χ3n) is 4.79. The molecule has 0 radical (unpaired) electrons. The van der Waals surface area contributed by atoms with E-state index in [1.54, 1.807) is 0 Å². The molecular formula is C17H24F3N3. The normalized spacial score (nSPS) is 23.1. The van der Waals surface area contributed by atoms with Crippen LogP contribution in [0.5, 0.6) is 0 Å². The van der Waals surface area contributed by atoms with Crippen molar-refractivity contribution < 1.29 is 13.2 Å². The third kappa shape index (κ3) is 3.42. The van der Waals surface area contributed by atoms with Crippen LogP contribution in [0, 0.1) is 0 Å². The van der Waals surface area contributed by atoms with E-state index in [0.29, 0.717) is 12.2 Å². The summed E-state index contributed by atoms with van der Waals surface area (Å²) >= 11 is 0. The van der Waals surface area contributed by atoms with Crippen LogP contribution in [0.1, 0.15) is 49.7 Å². The summed E-state index contributed by atoms with van der Waals surface area (Å²) in [6, 6.07) is 3.27. The molecule has 128 valence electrons. The van der Waals surface area contributed by atoms with E-state index in [4.69, 9.17) is 0 Å². The number of anilines is 2. The Bertz CT molecular complexity index is 557. The van der Waals surface area contributed by atoms with Gasteiger partial charge in [0.2, 0.25) is 0 Å². The molecule has 0 spiro atoms. The molecule has 0 unspecified atom stereocenters. The minimum Gasteiger partial charge on any atom is -0.385 e. The van der Waals surface area contributed by atoms with Gasteiger partial charge in [-0.25, -0.2) is 0 Å². The van der Waals surface area contributed by atoms with Gasteiger partial charge in [0.25, 0.3) is 0 Å². The third-order valence-corrected chi connectivity index (χ3v) is 4.79. The first-order valence-electron chi connectivity index (χ1n) is 8.47. The van der Waals surface area contributed by atoms with Crippen LogP contribution < -0.4 is 16.0 Å². The Balaban J connectivity index is 1.89. The van der Waals surface area contributed by atoms with Crippen molar-refractivity contribution in [1.82, 2.24) is 5.32 Å². The summed E-state index contributed by atoms with van der Waals surface area (Å²) in [5, 5.41) is 9.59. The molecular weight excluding hydrogens is 303 g/mol. The Hall–Kier alpha value is -1.43. The van der Waals surface area contributed by atoms with E-state index in [9.17, 15) is 13.2 Å². The van der Waals surface area contributed by atoms with E-state index in [2.05, 4.69) is 22.9 Å². The van der Waals surface area contributed by atoms with Gasteiger partial charge >= 0.3 is 6.18 Å². The van der Waals surface area contributed by atoms with E-state index < -0.39 is 11.7 Å². The Labute approximate surface area is 135 Å². The van der Waals surface area contributed by atoms with Crippen LogP contribution in [0.4, 0.5) is 24.5 Å². The molecule has 0 bridgehead atoms. The topological polar surface area (TPSA) is 36.1 Å². The minimum absolute atomic E-state index is 0.114. The molecule has 0 aromatic heterocycles. The van der Waals surface area contributed by atoms with Crippen molar-refractivity contribution in [3.8, 4) is 0 Å². The Kier molecular flexibility index (Phi) is 4.71. The lowest BCUT2D eigenvalue weighted by Crippen LogP contribution is -2.38. The van der Waals surface area contributed by atoms with Crippen molar-refractivity contribution in [3.63, 3.8) is 0 Å². The molecule has 2 heterocycles. The zero-order chi connectivity index (χ0) is 16.4. The van der Waals surface area contributed by atoms with E-state index in [0.717, 1.165) is 44.3 Å². The molecule has 0 saturated carbocycles. The first-order valence-corrected chi connectivity index (χ1v) is 8.47. The van der Waals surface area contributed by atoms with Gasteiger partial charge in [0, 0.05) is 30.7 Å². The van der Waals surface area contributed by atoms with Crippen molar-refractivity contribution in [2.45, 2.75) is 50.7 Å². The van der Waals surface area contributed by atoms with Gasteiger partial charge < -0.3 is 16.0 Å². The van der Waals surface area contributed by atoms with Crippen molar-refractivity contribution >= 4 is 11.4 Å². The summed E-state index contributed by atoms with van der Waals surface area (Å²) in [5.41, 5.74) is 1.13. The average molecular weight is 327 g/mol. The monoisotopic (exact) mass is 327 g/mol. The molecule has 1 aromatic rings. The highest BCUT2D eigenvalue weighted by Gasteiger charge is 2.42. The number of alkyl halides is 3. The van der Waals surface area contributed by atoms with Crippen molar-refractivity contribution in [1.29, 1.82) is 0 Å². The highest BCUT2D eigenvalue weighted by Crippen LogP contribution is 2.47. The number of unbranched alkanes of at least 4 members (excludes halogenated alkanes) is 2. The molecule has 0 amide bonds. The number of rotatable bonds is 5. The van der Waals surface area contributed by atoms with Crippen LogP contribution >= 0.6 is 0 Å². The summed E-state index contributed by atoms with van der Waals surface area (Å²) in [5.74, 6) is 0.122. The smallest absolute Gasteiger partial charge is 0.385 e. The minimum atomic E-state index is -4.33. The second-order valence-corrected chi connectivity index (χ2v) is 6.47. The molecule has 3 rings (SSSR count). The SMILES string of the molecule is CCCCCNc1cc2c(c(C(F)(F)F)c1)N[C@H]1CCNC[C@@H]21. The summed E-state index contributed by atoms with van der Waals surface area (Å²) in [7, 11) is 0. The summed E-state index contributed by atoms with van der Waals surface area (Å²) < 4.78 is 40.4. The van der Waals surface area contributed by atoms with Gasteiger partial charge in [0.15, 0.2) is 0 Å². The number of benzene rings is 1. The van der Waals surface area contributed by atoms with Crippen LogP contribution in [0.3, 0.4) is 0 Å². The van der Waals surface area contributed by atoms with Crippen LogP contribution in [-0.2, 0) is 6.18 Å². The summed E-state index contributed by atoms with van der Waals surface area (Å²) in [6.07, 6.45) is -0.324. The molecule has 3 nitrogen and oxygen atoms in total. The molecule has 6 heteroatoms. The van der Waals surface area contributed by atoms with Crippen molar-refractivity contribution in [2.24, 2.45) is 0 Å². The van der Waals surface area contributed by atoms with Gasteiger partial charge in [-0.2, -0.15) is 13.2 Å². The quantitative estimate of drug-likeness (QED) is 0.710. The van der Waals surface area contributed by atoms with Gasteiger partial charge in [-0.05, 0) is 37.1 Å². The second kappa shape index (κ2) is 6.59. The fourth-order valence-electron chi connectivity index (χ4n) is 3.59. The number of hydrogen-bond donors (Lipinski definition) is 3. The maximum absolute atomic E-state index is 13.5. The second-order valence-electron chi connectivity index (χ2n) is 6.47. The Morgan fingerprint density at radius 2 is 2.09 bits per heavy atom. The van der Waals surface area contributed by atoms with Crippen LogP contribution in [0.25, 0.3) is 0 Å². The molecule has 3 N–H and O–H groups in total. The molecule has 2 aliphatic rings. The lowest BCUT2D eigenvalue weighted by Gasteiger charge is -2.26. The predicted molar refractivity (Wildman–Crippen MR) is 87.1 cm³/mol. The first kappa shape index (κ1) is 16.4. The predicted octanol–water partition coefficient (Wildman–Crippen LogP) is 4.18. The molecule has 2 aliphatic heterocycles. The van der Waals surface area contributed by atoms with E-state index in [1.807, 2.05) is 6.07 Å². The number of fused-ring (bicyclic) bond motifs is 3. The highest BCUT2D eigenvalue weighted by molar-refractivity contribution is 5.71. The van der Waals surface area contributed by atoms with E-state index in [-0.39, 0.29) is 17.6 Å². The molecule has 1 aromatic carbocycles. The fraction of sp³-hybridized carbons (Fsp3) is 0.647. The van der Waals surface area contributed by atoms with Gasteiger partial charge in [-0.1, -0.05) is 19.8 Å². The zero-order valence-electron chi connectivity index (χ0n) is 13.4. The van der Waals surface area contributed by atoms with Gasteiger partial charge in [0.1, 0.15) is 0 Å². The molecule has 1 saturated heterocycles. The van der Waals surface area contributed by atoms with Crippen LogP contribution in [-0.4, -0.2) is 25.7 Å². The first-order chi connectivity index (χ1) is 11.0. The van der Waals surface area contributed by atoms with E-state index in [1.165, 1.54) is 6.07 Å². The zero-order valence-corrected chi connectivity index (χ0v) is 13.4. The summed E-state index contributed by atoms with van der Waals surface area (Å²) in [6.45, 7) is 4.41. The van der Waals surface area contributed by atoms with Crippen LogP contribution in [0.2, 0.25) is 0 Å². The van der Waals surface area contributed by atoms with Gasteiger partial charge in [-0.3, -0.25) is 0 Å². The average Bonchev–Trinajstić information content (AvgIpc) is 2.88. The summed E-state index contributed by atoms with van der Waals surface area (Å²) in [4.78, 5) is 0. The number of nitrogens with one attached hydrogen (secondary N) is 3. The van der Waals surface area contributed by atoms with Crippen LogP contribution in [0.15, 0.2) is 12.1 Å². The van der Waals surface area contributed by atoms with Gasteiger partial charge in [-0.15, -0.1) is 0 Å². The molecule has 0 aliphatic carbocycles. The Morgan fingerprint density at radius 1 is 1.26 bits per heavy atom. The standard InChI is InChI=1S/C17H24F3N3/c1-2-3-4-6-22-11-8-12-13-10-21-7-5-15(13)23-16(12)14(9-11)17(18,19)20/h8-9,13,15,21-23H,2-7,10H2,1H3/t13-,15-/m0/s1. The molecule has 23 heavy (non-hydrogen) atoms. The highest BCUT2D eigenvalue weighted by atomic mass is 19.4. The number of halogens is 3. The fourth-order valence-corrected chi connectivity index (χ4v) is 3.59. The van der Waals surface area contributed by atoms with E-state index >= 15 is 0 Å². The van der Waals surface area contributed by atoms with Crippen molar-refractivity contribution in [2.75, 3.05) is 30.3 Å². The lowest BCUT2D eigenvalue weighted by molar-refractivity contribution is -0.136. The maximum atomic E-state index is 13.5. The molecule has 1 fully saturated rings.